The van der Waals surface area contributed by atoms with Gasteiger partial charge >= 0.3 is 5.97 Å². The lowest BCUT2D eigenvalue weighted by molar-refractivity contribution is -0.149. The predicted molar refractivity (Wildman–Crippen MR) is 80.7 cm³/mol. The van der Waals surface area contributed by atoms with Gasteiger partial charge in [-0.25, -0.2) is 0 Å². The predicted octanol–water partition coefficient (Wildman–Crippen LogP) is 3.23. The highest BCUT2D eigenvalue weighted by Crippen LogP contribution is 2.36. The molecule has 2 atom stereocenters. The Hall–Kier alpha value is -1.71. The van der Waals surface area contributed by atoms with Gasteiger partial charge in [0.2, 0.25) is 0 Å². The van der Waals surface area contributed by atoms with E-state index in [0.717, 1.165) is 42.7 Å². The van der Waals surface area contributed by atoms with E-state index in [1.54, 1.807) is 14.2 Å². The fourth-order valence-corrected chi connectivity index (χ4v) is 3.13. The lowest BCUT2D eigenvalue weighted by Crippen LogP contribution is -2.23. The summed E-state index contributed by atoms with van der Waals surface area (Å²) in [6, 6.07) is 5.90. The van der Waals surface area contributed by atoms with Crippen LogP contribution in [-0.2, 0) is 16.0 Å². The van der Waals surface area contributed by atoms with Crippen LogP contribution in [0.25, 0.3) is 0 Å². The number of benzene rings is 1. The Kier molecular flexibility index (Phi) is 5.48. The number of ether oxygens (including phenoxy) is 3. The number of hydrogen-bond acceptors (Lipinski definition) is 4. The molecular formula is C17H24O4. The number of carbonyl (C=O) groups is 1. The molecule has 1 aliphatic carbocycles. The van der Waals surface area contributed by atoms with Crippen LogP contribution in [0.2, 0.25) is 0 Å². The van der Waals surface area contributed by atoms with Crippen molar-refractivity contribution < 1.29 is 19.0 Å². The SMILES string of the molecule is CCOC(=O)C1CCCC1Cc1cc(OC)cc(OC)c1. The molecule has 0 aromatic heterocycles. The van der Waals surface area contributed by atoms with Gasteiger partial charge in [-0.3, -0.25) is 4.79 Å². The third kappa shape index (κ3) is 3.90. The topological polar surface area (TPSA) is 44.8 Å². The summed E-state index contributed by atoms with van der Waals surface area (Å²) >= 11 is 0. The molecule has 0 aliphatic heterocycles. The van der Waals surface area contributed by atoms with Gasteiger partial charge in [-0.05, 0) is 49.8 Å². The molecule has 1 fully saturated rings. The molecule has 0 radical (unpaired) electrons. The maximum absolute atomic E-state index is 12.0. The van der Waals surface area contributed by atoms with Gasteiger partial charge < -0.3 is 14.2 Å². The molecule has 1 aliphatic rings. The van der Waals surface area contributed by atoms with Gasteiger partial charge in [-0.2, -0.15) is 0 Å². The van der Waals surface area contributed by atoms with E-state index in [0.29, 0.717) is 12.5 Å². The average molecular weight is 292 g/mol. The summed E-state index contributed by atoms with van der Waals surface area (Å²) < 4.78 is 15.8. The number of methoxy groups -OCH3 is 2. The second-order valence-corrected chi connectivity index (χ2v) is 5.47. The first-order chi connectivity index (χ1) is 10.2. The number of carbonyl (C=O) groups excluding carboxylic acids is 1. The maximum atomic E-state index is 12.0. The summed E-state index contributed by atoms with van der Waals surface area (Å²) in [5.74, 6) is 1.91. The van der Waals surface area contributed by atoms with Crippen LogP contribution in [0, 0.1) is 11.8 Å². The van der Waals surface area contributed by atoms with Crippen LogP contribution in [0.5, 0.6) is 11.5 Å². The van der Waals surface area contributed by atoms with E-state index in [4.69, 9.17) is 14.2 Å². The number of rotatable bonds is 6. The molecular weight excluding hydrogens is 268 g/mol. The Morgan fingerprint density at radius 2 is 1.81 bits per heavy atom. The summed E-state index contributed by atoms with van der Waals surface area (Å²) in [5.41, 5.74) is 1.15. The largest absolute Gasteiger partial charge is 0.497 e. The van der Waals surface area contributed by atoms with Gasteiger partial charge in [-0.15, -0.1) is 0 Å². The van der Waals surface area contributed by atoms with Crippen LogP contribution in [0.1, 0.15) is 31.7 Å². The summed E-state index contributed by atoms with van der Waals surface area (Å²) in [6.45, 7) is 2.31. The summed E-state index contributed by atoms with van der Waals surface area (Å²) in [6.07, 6.45) is 3.96. The minimum atomic E-state index is -0.0464. The molecule has 0 saturated heterocycles. The zero-order valence-electron chi connectivity index (χ0n) is 13.1. The maximum Gasteiger partial charge on any atom is 0.309 e. The zero-order chi connectivity index (χ0) is 15.2. The summed E-state index contributed by atoms with van der Waals surface area (Å²) in [5, 5.41) is 0. The zero-order valence-corrected chi connectivity index (χ0v) is 13.1. The van der Waals surface area contributed by atoms with Crippen molar-refractivity contribution in [2.75, 3.05) is 20.8 Å². The quantitative estimate of drug-likeness (QED) is 0.755. The molecule has 4 heteroatoms. The molecule has 1 aromatic carbocycles. The van der Waals surface area contributed by atoms with Crippen LogP contribution in [0.3, 0.4) is 0 Å². The van der Waals surface area contributed by atoms with Crippen LogP contribution in [0.15, 0.2) is 18.2 Å². The monoisotopic (exact) mass is 292 g/mol. The Morgan fingerprint density at radius 3 is 2.38 bits per heavy atom. The van der Waals surface area contributed by atoms with Crippen LogP contribution >= 0.6 is 0 Å². The van der Waals surface area contributed by atoms with E-state index in [2.05, 4.69) is 0 Å². The lowest BCUT2D eigenvalue weighted by atomic mass is 9.89. The molecule has 116 valence electrons. The minimum absolute atomic E-state index is 0.0298. The standard InChI is InChI=1S/C17H24O4/c1-4-21-17(18)16-7-5-6-13(16)8-12-9-14(19-2)11-15(10-12)20-3/h9-11,13,16H,4-8H2,1-3H3. The van der Waals surface area contributed by atoms with Gasteiger partial charge in [0, 0.05) is 6.07 Å². The highest BCUT2D eigenvalue weighted by molar-refractivity contribution is 5.73. The number of hydrogen-bond donors (Lipinski definition) is 0. The van der Waals surface area contributed by atoms with Crippen molar-refractivity contribution in [2.45, 2.75) is 32.6 Å². The highest BCUT2D eigenvalue weighted by Gasteiger charge is 2.34. The Bertz CT molecular complexity index is 461. The third-order valence-electron chi connectivity index (χ3n) is 4.16. The fraction of sp³-hybridized carbons (Fsp3) is 0.588. The molecule has 0 spiro atoms. The Morgan fingerprint density at radius 1 is 1.14 bits per heavy atom. The van der Waals surface area contributed by atoms with E-state index >= 15 is 0 Å². The van der Waals surface area contributed by atoms with E-state index in [-0.39, 0.29) is 11.9 Å². The van der Waals surface area contributed by atoms with Gasteiger partial charge in [0.15, 0.2) is 0 Å². The summed E-state index contributed by atoms with van der Waals surface area (Å²) in [4.78, 5) is 12.0. The van der Waals surface area contributed by atoms with Crippen molar-refractivity contribution >= 4 is 5.97 Å². The first-order valence-electron chi connectivity index (χ1n) is 7.56. The van der Waals surface area contributed by atoms with Crippen molar-refractivity contribution in [1.82, 2.24) is 0 Å². The van der Waals surface area contributed by atoms with Gasteiger partial charge in [0.25, 0.3) is 0 Å². The first kappa shape index (κ1) is 15.7. The van der Waals surface area contributed by atoms with Crippen LogP contribution in [-0.4, -0.2) is 26.8 Å². The molecule has 1 aromatic rings. The van der Waals surface area contributed by atoms with Crippen molar-refractivity contribution in [2.24, 2.45) is 11.8 Å². The van der Waals surface area contributed by atoms with E-state index in [9.17, 15) is 4.79 Å². The Balaban J connectivity index is 2.11. The molecule has 0 N–H and O–H groups in total. The molecule has 0 amide bonds. The molecule has 21 heavy (non-hydrogen) atoms. The summed E-state index contributed by atoms with van der Waals surface area (Å²) in [7, 11) is 3.30. The second kappa shape index (κ2) is 7.34. The third-order valence-corrected chi connectivity index (χ3v) is 4.16. The lowest BCUT2D eigenvalue weighted by Gasteiger charge is -2.18. The number of esters is 1. The molecule has 2 rings (SSSR count). The van der Waals surface area contributed by atoms with Gasteiger partial charge in [0.05, 0.1) is 26.7 Å². The van der Waals surface area contributed by atoms with E-state index in [1.807, 2.05) is 25.1 Å². The van der Waals surface area contributed by atoms with Crippen molar-refractivity contribution in [1.29, 1.82) is 0 Å². The normalized spacial score (nSPS) is 21.1. The van der Waals surface area contributed by atoms with Gasteiger partial charge in [0.1, 0.15) is 11.5 Å². The smallest absolute Gasteiger partial charge is 0.309 e. The van der Waals surface area contributed by atoms with E-state index in [1.165, 1.54) is 0 Å². The minimum Gasteiger partial charge on any atom is -0.497 e. The molecule has 0 bridgehead atoms. The van der Waals surface area contributed by atoms with Crippen molar-refractivity contribution in [3.8, 4) is 11.5 Å². The van der Waals surface area contributed by atoms with Crippen LogP contribution < -0.4 is 9.47 Å². The molecule has 2 unspecified atom stereocenters. The Labute approximate surface area is 126 Å². The molecule has 0 heterocycles. The average Bonchev–Trinajstić information content (AvgIpc) is 2.95. The van der Waals surface area contributed by atoms with Crippen molar-refractivity contribution in [3.05, 3.63) is 23.8 Å². The highest BCUT2D eigenvalue weighted by atomic mass is 16.5. The molecule has 4 nitrogen and oxygen atoms in total. The fourth-order valence-electron chi connectivity index (χ4n) is 3.13. The second-order valence-electron chi connectivity index (χ2n) is 5.47. The first-order valence-corrected chi connectivity index (χ1v) is 7.56. The molecule has 1 saturated carbocycles. The van der Waals surface area contributed by atoms with Crippen molar-refractivity contribution in [3.63, 3.8) is 0 Å². The van der Waals surface area contributed by atoms with E-state index < -0.39 is 0 Å². The van der Waals surface area contributed by atoms with Crippen LogP contribution in [0.4, 0.5) is 0 Å². The van der Waals surface area contributed by atoms with Gasteiger partial charge in [-0.1, -0.05) is 6.42 Å².